The number of anilines is 1. The molecule has 3 aromatic rings. The Kier molecular flexibility index (Phi) is 5.88. The van der Waals surface area contributed by atoms with E-state index in [0.29, 0.717) is 18.8 Å². The summed E-state index contributed by atoms with van der Waals surface area (Å²) in [7, 11) is 0. The lowest BCUT2D eigenvalue weighted by atomic mass is 10.1. The fourth-order valence-electron chi connectivity index (χ4n) is 2.94. The van der Waals surface area contributed by atoms with Gasteiger partial charge in [-0.05, 0) is 25.0 Å². The zero-order chi connectivity index (χ0) is 19.2. The number of aromatic nitrogens is 2. The van der Waals surface area contributed by atoms with Crippen LogP contribution in [0, 0.1) is 13.8 Å². The average Bonchev–Trinajstić information content (AvgIpc) is 2.62. The first-order chi connectivity index (χ1) is 13.0. The van der Waals surface area contributed by atoms with Gasteiger partial charge in [-0.25, -0.2) is 4.79 Å². The molecule has 2 aromatic carbocycles. The minimum Gasteiger partial charge on any atom is -0.375 e. The highest BCUT2D eigenvalue weighted by Crippen LogP contribution is 2.10. The Bertz CT molecular complexity index is 1000. The Hall–Kier alpha value is -3.12. The number of rotatable bonds is 7. The first kappa shape index (κ1) is 18.7. The molecule has 1 heterocycles. The molecule has 1 aromatic heterocycles. The molecule has 3 rings (SSSR count). The smallest absolute Gasteiger partial charge is 0.330 e. The van der Waals surface area contributed by atoms with E-state index in [9.17, 15) is 9.59 Å². The molecule has 0 fully saturated rings. The summed E-state index contributed by atoms with van der Waals surface area (Å²) in [5.74, 6) is 0. The van der Waals surface area contributed by atoms with Crippen LogP contribution in [0.1, 0.15) is 22.3 Å². The van der Waals surface area contributed by atoms with Crippen LogP contribution in [0.25, 0.3) is 0 Å². The second-order valence-corrected chi connectivity index (χ2v) is 6.58. The Labute approximate surface area is 157 Å². The van der Waals surface area contributed by atoms with Crippen LogP contribution in [0.4, 0.5) is 5.69 Å². The predicted molar refractivity (Wildman–Crippen MR) is 106 cm³/mol. The summed E-state index contributed by atoms with van der Waals surface area (Å²) in [6, 6.07) is 15.9. The molecule has 6 nitrogen and oxygen atoms in total. The van der Waals surface area contributed by atoms with E-state index in [0.717, 1.165) is 11.1 Å². The minimum absolute atomic E-state index is 0.0582. The lowest BCUT2D eigenvalue weighted by Gasteiger charge is -2.11. The van der Waals surface area contributed by atoms with Crippen LogP contribution in [0.3, 0.4) is 0 Å². The van der Waals surface area contributed by atoms with E-state index in [4.69, 9.17) is 4.74 Å². The highest BCUT2D eigenvalue weighted by atomic mass is 16.5. The molecule has 0 unspecified atom stereocenters. The monoisotopic (exact) mass is 365 g/mol. The van der Waals surface area contributed by atoms with Crippen molar-refractivity contribution in [2.24, 2.45) is 0 Å². The van der Waals surface area contributed by atoms with Crippen LogP contribution in [-0.4, -0.2) is 9.55 Å². The van der Waals surface area contributed by atoms with Gasteiger partial charge in [0.2, 0.25) is 0 Å². The van der Waals surface area contributed by atoms with Crippen LogP contribution in [0.15, 0.2) is 64.3 Å². The molecule has 0 amide bonds. The van der Waals surface area contributed by atoms with E-state index in [1.54, 1.807) is 0 Å². The van der Waals surface area contributed by atoms with Crippen molar-refractivity contribution < 1.29 is 4.74 Å². The Morgan fingerprint density at radius 2 is 1.70 bits per heavy atom. The maximum Gasteiger partial charge on any atom is 0.330 e. The van der Waals surface area contributed by atoms with E-state index in [-0.39, 0.29) is 6.73 Å². The standard InChI is InChI=1S/C21H23N3O3/c1-15-8-16(2)10-18(9-15)13-27-14-24-12-19(20(25)23-21(24)26)22-11-17-6-4-3-5-7-17/h3-10,12,22H,11,13-14H2,1-2H3,(H,23,25,26). The van der Waals surface area contributed by atoms with E-state index in [1.165, 1.54) is 21.9 Å². The Morgan fingerprint density at radius 1 is 1.00 bits per heavy atom. The van der Waals surface area contributed by atoms with Crippen molar-refractivity contribution in [3.05, 3.63) is 97.8 Å². The fourth-order valence-corrected chi connectivity index (χ4v) is 2.94. The van der Waals surface area contributed by atoms with Gasteiger partial charge >= 0.3 is 5.69 Å². The van der Waals surface area contributed by atoms with E-state index in [1.807, 2.05) is 44.2 Å². The lowest BCUT2D eigenvalue weighted by Crippen LogP contribution is -2.31. The summed E-state index contributed by atoms with van der Waals surface area (Å²) in [5.41, 5.74) is 3.82. The number of ether oxygens (including phenoxy) is 1. The highest BCUT2D eigenvalue weighted by molar-refractivity contribution is 5.38. The van der Waals surface area contributed by atoms with Gasteiger partial charge in [-0.2, -0.15) is 0 Å². The van der Waals surface area contributed by atoms with Crippen LogP contribution >= 0.6 is 0 Å². The molecule has 0 saturated carbocycles. The Balaban J connectivity index is 1.66. The molecule has 0 radical (unpaired) electrons. The summed E-state index contributed by atoms with van der Waals surface area (Å²) in [6.45, 7) is 5.01. The molecule has 6 heteroatoms. The summed E-state index contributed by atoms with van der Waals surface area (Å²) >= 11 is 0. The first-order valence-corrected chi connectivity index (χ1v) is 8.78. The molecular formula is C21H23N3O3. The number of benzene rings is 2. The van der Waals surface area contributed by atoms with Gasteiger partial charge in [0.1, 0.15) is 12.4 Å². The molecule has 0 saturated heterocycles. The van der Waals surface area contributed by atoms with E-state index < -0.39 is 11.2 Å². The quantitative estimate of drug-likeness (QED) is 0.675. The number of aromatic amines is 1. The maximum atomic E-state index is 12.0. The molecule has 0 aliphatic carbocycles. The molecule has 0 spiro atoms. The maximum absolute atomic E-state index is 12.0. The molecule has 0 bridgehead atoms. The number of aryl methyl sites for hydroxylation is 2. The van der Waals surface area contributed by atoms with Crippen molar-refractivity contribution in [2.75, 3.05) is 5.32 Å². The fraction of sp³-hybridized carbons (Fsp3) is 0.238. The van der Waals surface area contributed by atoms with Crippen LogP contribution in [0.5, 0.6) is 0 Å². The minimum atomic E-state index is -0.495. The van der Waals surface area contributed by atoms with Crippen molar-refractivity contribution in [1.82, 2.24) is 9.55 Å². The molecule has 140 valence electrons. The van der Waals surface area contributed by atoms with Crippen molar-refractivity contribution in [3.63, 3.8) is 0 Å². The number of H-pyrrole nitrogens is 1. The van der Waals surface area contributed by atoms with Crippen LogP contribution in [-0.2, 0) is 24.6 Å². The van der Waals surface area contributed by atoms with Crippen molar-refractivity contribution in [3.8, 4) is 0 Å². The molecule has 0 aliphatic rings. The van der Waals surface area contributed by atoms with E-state index >= 15 is 0 Å². The number of hydrogen-bond donors (Lipinski definition) is 2. The predicted octanol–water partition coefficient (Wildman–Crippen LogP) is 2.94. The van der Waals surface area contributed by atoms with Gasteiger partial charge in [-0.15, -0.1) is 0 Å². The third-order valence-electron chi connectivity index (χ3n) is 4.12. The van der Waals surface area contributed by atoms with Gasteiger partial charge in [-0.1, -0.05) is 59.7 Å². The van der Waals surface area contributed by atoms with Gasteiger partial charge < -0.3 is 10.1 Å². The van der Waals surface area contributed by atoms with Crippen molar-refractivity contribution >= 4 is 5.69 Å². The van der Waals surface area contributed by atoms with Gasteiger partial charge in [0, 0.05) is 12.7 Å². The molecule has 2 N–H and O–H groups in total. The first-order valence-electron chi connectivity index (χ1n) is 8.78. The topological polar surface area (TPSA) is 76.1 Å². The lowest BCUT2D eigenvalue weighted by molar-refractivity contribution is 0.0608. The van der Waals surface area contributed by atoms with Gasteiger partial charge in [0.25, 0.3) is 5.56 Å². The second kappa shape index (κ2) is 8.51. The summed E-state index contributed by atoms with van der Waals surface area (Å²) in [4.78, 5) is 26.3. The second-order valence-electron chi connectivity index (χ2n) is 6.58. The van der Waals surface area contributed by atoms with Gasteiger partial charge in [0.05, 0.1) is 6.61 Å². The summed E-state index contributed by atoms with van der Waals surface area (Å²) in [6.07, 6.45) is 1.49. The van der Waals surface area contributed by atoms with Crippen LogP contribution < -0.4 is 16.6 Å². The van der Waals surface area contributed by atoms with Crippen molar-refractivity contribution in [1.29, 1.82) is 0 Å². The largest absolute Gasteiger partial charge is 0.375 e. The van der Waals surface area contributed by atoms with Gasteiger partial charge in [-0.3, -0.25) is 14.3 Å². The zero-order valence-electron chi connectivity index (χ0n) is 15.5. The average molecular weight is 365 g/mol. The van der Waals surface area contributed by atoms with Crippen LogP contribution in [0.2, 0.25) is 0 Å². The summed E-state index contributed by atoms with van der Waals surface area (Å²) < 4.78 is 7.01. The molecule has 27 heavy (non-hydrogen) atoms. The third-order valence-corrected chi connectivity index (χ3v) is 4.12. The zero-order valence-corrected chi connectivity index (χ0v) is 15.5. The molecule has 0 atom stereocenters. The summed E-state index contributed by atoms with van der Waals surface area (Å²) in [5, 5.41) is 3.06. The Morgan fingerprint density at radius 3 is 2.41 bits per heavy atom. The number of hydrogen-bond acceptors (Lipinski definition) is 4. The molecular weight excluding hydrogens is 342 g/mol. The normalized spacial score (nSPS) is 10.7. The SMILES string of the molecule is Cc1cc(C)cc(COCn2cc(NCc3ccccc3)c(=O)[nH]c2=O)c1. The highest BCUT2D eigenvalue weighted by Gasteiger charge is 2.05. The van der Waals surface area contributed by atoms with E-state index in [2.05, 4.69) is 28.5 Å². The molecule has 0 aliphatic heterocycles. The number of nitrogens with zero attached hydrogens (tertiary/aromatic N) is 1. The van der Waals surface area contributed by atoms with Gasteiger partial charge in [0.15, 0.2) is 0 Å². The third kappa shape index (κ3) is 5.18. The number of nitrogens with one attached hydrogen (secondary N) is 2. The van der Waals surface area contributed by atoms with Crippen molar-refractivity contribution in [2.45, 2.75) is 33.7 Å².